The van der Waals surface area contributed by atoms with E-state index in [-0.39, 0.29) is 5.91 Å². The van der Waals surface area contributed by atoms with Gasteiger partial charge in [-0.25, -0.2) is 4.39 Å². The number of halogens is 2. The number of carbonyl (C=O) groups excluding carboxylic acids is 1. The Morgan fingerprint density at radius 3 is 2.71 bits per heavy atom. The average Bonchev–Trinajstić information content (AvgIpc) is 2.96. The van der Waals surface area contributed by atoms with Gasteiger partial charge in [0.05, 0.1) is 0 Å². The van der Waals surface area contributed by atoms with Crippen LogP contribution in [0.1, 0.15) is 21.7 Å². The lowest BCUT2D eigenvalue weighted by atomic mass is 10.1. The lowest BCUT2D eigenvalue weighted by molar-refractivity contribution is 0.0950. The van der Waals surface area contributed by atoms with Crippen molar-refractivity contribution in [3.8, 4) is 11.3 Å². The number of hydrogen-bond donors (Lipinski definition) is 1. The SMILES string of the molecule is Cc1onc(-c2cccc(F)c2)c1C(=O)NCc1ccc(Cl)cc1. The van der Waals surface area contributed by atoms with Crippen LogP contribution in [-0.4, -0.2) is 11.1 Å². The van der Waals surface area contributed by atoms with Crippen molar-refractivity contribution >= 4 is 17.5 Å². The third-order valence-corrected chi connectivity index (χ3v) is 3.81. The van der Waals surface area contributed by atoms with Crippen molar-refractivity contribution in [2.75, 3.05) is 0 Å². The zero-order valence-electron chi connectivity index (χ0n) is 12.8. The highest BCUT2D eigenvalue weighted by atomic mass is 35.5. The molecule has 24 heavy (non-hydrogen) atoms. The summed E-state index contributed by atoms with van der Waals surface area (Å²) in [7, 11) is 0. The van der Waals surface area contributed by atoms with E-state index in [2.05, 4.69) is 10.5 Å². The molecule has 0 unspecified atom stereocenters. The van der Waals surface area contributed by atoms with Gasteiger partial charge in [0.15, 0.2) is 0 Å². The molecule has 0 bridgehead atoms. The largest absolute Gasteiger partial charge is 0.360 e. The van der Waals surface area contributed by atoms with E-state index in [9.17, 15) is 9.18 Å². The van der Waals surface area contributed by atoms with E-state index >= 15 is 0 Å². The van der Waals surface area contributed by atoms with Crippen molar-refractivity contribution in [1.82, 2.24) is 10.5 Å². The van der Waals surface area contributed by atoms with Gasteiger partial charge in [-0.15, -0.1) is 0 Å². The Balaban J connectivity index is 1.82. The van der Waals surface area contributed by atoms with Crippen LogP contribution < -0.4 is 5.32 Å². The molecule has 3 rings (SSSR count). The van der Waals surface area contributed by atoms with Crippen LogP contribution in [0.25, 0.3) is 11.3 Å². The average molecular weight is 345 g/mol. The van der Waals surface area contributed by atoms with E-state index in [0.29, 0.717) is 34.1 Å². The first-order valence-corrected chi connectivity index (χ1v) is 7.67. The van der Waals surface area contributed by atoms with Crippen LogP contribution in [0.3, 0.4) is 0 Å². The number of benzene rings is 2. The lowest BCUT2D eigenvalue weighted by Crippen LogP contribution is -2.23. The molecule has 1 aromatic heterocycles. The second-order valence-electron chi connectivity index (χ2n) is 5.28. The minimum Gasteiger partial charge on any atom is -0.360 e. The van der Waals surface area contributed by atoms with Crippen LogP contribution in [0.4, 0.5) is 4.39 Å². The first-order chi connectivity index (χ1) is 11.5. The van der Waals surface area contributed by atoms with Crippen molar-refractivity contribution in [3.05, 3.63) is 76.3 Å². The summed E-state index contributed by atoms with van der Waals surface area (Å²) in [6.45, 7) is 1.98. The van der Waals surface area contributed by atoms with Crippen molar-refractivity contribution in [1.29, 1.82) is 0 Å². The molecule has 1 amide bonds. The fourth-order valence-electron chi connectivity index (χ4n) is 2.35. The summed E-state index contributed by atoms with van der Waals surface area (Å²) in [4.78, 5) is 12.5. The van der Waals surface area contributed by atoms with E-state index in [0.717, 1.165) is 5.56 Å². The monoisotopic (exact) mass is 344 g/mol. The Morgan fingerprint density at radius 1 is 1.25 bits per heavy atom. The summed E-state index contributed by atoms with van der Waals surface area (Å²) >= 11 is 5.84. The molecule has 122 valence electrons. The van der Waals surface area contributed by atoms with Gasteiger partial charge in [0, 0.05) is 17.1 Å². The molecule has 4 nitrogen and oxygen atoms in total. The van der Waals surface area contributed by atoms with Crippen LogP contribution in [0, 0.1) is 12.7 Å². The molecule has 0 saturated heterocycles. The second-order valence-corrected chi connectivity index (χ2v) is 5.72. The Hall–Kier alpha value is -2.66. The Bertz CT molecular complexity index is 875. The molecular formula is C18H14ClFN2O2. The molecule has 3 aromatic rings. The molecule has 6 heteroatoms. The standard InChI is InChI=1S/C18H14ClFN2O2/c1-11-16(17(22-24-11)13-3-2-4-15(20)9-13)18(23)21-10-12-5-7-14(19)8-6-12/h2-9H,10H2,1H3,(H,21,23). The van der Waals surface area contributed by atoms with Crippen LogP contribution in [0.2, 0.25) is 5.02 Å². The highest BCUT2D eigenvalue weighted by Crippen LogP contribution is 2.25. The molecule has 0 aliphatic rings. The highest BCUT2D eigenvalue weighted by Gasteiger charge is 2.21. The molecular weight excluding hydrogens is 331 g/mol. The van der Waals surface area contributed by atoms with Crippen molar-refractivity contribution in [3.63, 3.8) is 0 Å². The van der Waals surface area contributed by atoms with Gasteiger partial charge < -0.3 is 9.84 Å². The van der Waals surface area contributed by atoms with Gasteiger partial charge in [0.1, 0.15) is 22.8 Å². The van der Waals surface area contributed by atoms with Crippen molar-refractivity contribution in [2.45, 2.75) is 13.5 Å². The zero-order chi connectivity index (χ0) is 17.1. The molecule has 0 aliphatic heterocycles. The van der Waals surface area contributed by atoms with Gasteiger partial charge >= 0.3 is 0 Å². The maximum absolute atomic E-state index is 13.4. The number of nitrogens with one attached hydrogen (secondary N) is 1. The van der Waals surface area contributed by atoms with Crippen molar-refractivity contribution < 1.29 is 13.7 Å². The summed E-state index contributed by atoms with van der Waals surface area (Å²) in [6.07, 6.45) is 0. The van der Waals surface area contributed by atoms with E-state index < -0.39 is 5.82 Å². The van der Waals surface area contributed by atoms with Gasteiger partial charge in [-0.1, -0.05) is 41.0 Å². The van der Waals surface area contributed by atoms with Crippen LogP contribution >= 0.6 is 11.6 Å². The van der Waals surface area contributed by atoms with Gasteiger partial charge in [-0.05, 0) is 36.8 Å². The Kier molecular flexibility index (Phi) is 4.62. The van der Waals surface area contributed by atoms with Crippen molar-refractivity contribution in [2.24, 2.45) is 0 Å². The van der Waals surface area contributed by atoms with Crippen LogP contribution in [-0.2, 0) is 6.54 Å². The number of aryl methyl sites for hydroxylation is 1. The van der Waals surface area contributed by atoms with Crippen LogP contribution in [0.5, 0.6) is 0 Å². The van der Waals surface area contributed by atoms with E-state index in [1.807, 2.05) is 12.1 Å². The lowest BCUT2D eigenvalue weighted by Gasteiger charge is -2.06. The first kappa shape index (κ1) is 16.2. The normalized spacial score (nSPS) is 10.6. The summed E-state index contributed by atoms with van der Waals surface area (Å²) in [5.74, 6) is -0.355. The molecule has 1 N–H and O–H groups in total. The third kappa shape index (κ3) is 3.46. The number of carbonyl (C=O) groups is 1. The molecule has 0 radical (unpaired) electrons. The maximum Gasteiger partial charge on any atom is 0.257 e. The number of amides is 1. The highest BCUT2D eigenvalue weighted by molar-refractivity contribution is 6.30. The molecule has 0 fully saturated rings. The smallest absolute Gasteiger partial charge is 0.257 e. The summed E-state index contributed by atoms with van der Waals surface area (Å²) in [6, 6.07) is 13.1. The number of hydrogen-bond acceptors (Lipinski definition) is 3. The molecule has 0 saturated carbocycles. The predicted molar refractivity (Wildman–Crippen MR) is 89.3 cm³/mol. The third-order valence-electron chi connectivity index (χ3n) is 3.55. The quantitative estimate of drug-likeness (QED) is 0.764. The number of nitrogens with zero attached hydrogens (tertiary/aromatic N) is 1. The first-order valence-electron chi connectivity index (χ1n) is 7.29. The predicted octanol–water partition coefficient (Wildman–Crippen LogP) is 4.37. The molecule has 2 aromatic carbocycles. The fourth-order valence-corrected chi connectivity index (χ4v) is 2.47. The zero-order valence-corrected chi connectivity index (χ0v) is 13.6. The van der Waals surface area contributed by atoms with Gasteiger partial charge in [0.25, 0.3) is 5.91 Å². The van der Waals surface area contributed by atoms with Gasteiger partial charge in [-0.2, -0.15) is 0 Å². The van der Waals surface area contributed by atoms with E-state index in [1.165, 1.54) is 12.1 Å². The minimum atomic E-state index is -0.402. The molecule has 0 atom stereocenters. The minimum absolute atomic E-state index is 0.301. The van der Waals surface area contributed by atoms with E-state index in [4.69, 9.17) is 16.1 Å². The molecule has 0 spiro atoms. The number of aromatic nitrogens is 1. The molecule has 0 aliphatic carbocycles. The Morgan fingerprint density at radius 2 is 2.00 bits per heavy atom. The van der Waals surface area contributed by atoms with Gasteiger partial charge in [0.2, 0.25) is 0 Å². The number of rotatable bonds is 4. The molecule has 1 heterocycles. The summed E-state index contributed by atoms with van der Waals surface area (Å²) in [5.41, 5.74) is 2.02. The summed E-state index contributed by atoms with van der Waals surface area (Å²) in [5, 5.41) is 7.34. The van der Waals surface area contributed by atoms with E-state index in [1.54, 1.807) is 31.2 Å². The van der Waals surface area contributed by atoms with Gasteiger partial charge in [-0.3, -0.25) is 4.79 Å². The summed E-state index contributed by atoms with van der Waals surface area (Å²) < 4.78 is 18.6. The van der Waals surface area contributed by atoms with Crippen LogP contribution in [0.15, 0.2) is 53.1 Å². The topological polar surface area (TPSA) is 55.1 Å². The Labute approximate surface area is 143 Å². The maximum atomic E-state index is 13.4. The fraction of sp³-hybridized carbons (Fsp3) is 0.111. The second kappa shape index (κ2) is 6.84.